The second-order valence-corrected chi connectivity index (χ2v) is 6.33. The van der Waals surface area contributed by atoms with E-state index in [4.69, 9.17) is 23.2 Å². The second kappa shape index (κ2) is 7.63. The van der Waals surface area contributed by atoms with Gasteiger partial charge in [-0.1, -0.05) is 29.3 Å². The van der Waals surface area contributed by atoms with Gasteiger partial charge in [-0.25, -0.2) is 0 Å². The normalized spacial score (nSPS) is 10.9. The van der Waals surface area contributed by atoms with Crippen LogP contribution in [0, 0.1) is 14.9 Å². The largest absolute Gasteiger partial charge is 0.321 e. The molecule has 0 aliphatic rings. The van der Waals surface area contributed by atoms with E-state index in [1.165, 1.54) is 6.08 Å². The van der Waals surface area contributed by atoms with Crippen molar-refractivity contribution < 1.29 is 4.79 Å². The van der Waals surface area contributed by atoms with Gasteiger partial charge in [-0.2, -0.15) is 5.26 Å². The first-order valence-electron chi connectivity index (χ1n) is 6.14. The lowest BCUT2D eigenvalue weighted by molar-refractivity contribution is -0.112. The van der Waals surface area contributed by atoms with Crippen LogP contribution in [0.2, 0.25) is 10.0 Å². The second-order valence-electron chi connectivity index (χ2n) is 4.27. The highest BCUT2D eigenvalue weighted by molar-refractivity contribution is 14.1. The average molecular weight is 443 g/mol. The van der Waals surface area contributed by atoms with E-state index >= 15 is 0 Å². The minimum Gasteiger partial charge on any atom is -0.321 e. The van der Waals surface area contributed by atoms with E-state index in [1.807, 2.05) is 18.2 Å². The summed E-state index contributed by atoms with van der Waals surface area (Å²) in [7, 11) is 0. The number of nitriles is 1. The molecule has 0 saturated heterocycles. The van der Waals surface area contributed by atoms with Crippen molar-refractivity contribution in [2.45, 2.75) is 0 Å². The summed E-state index contributed by atoms with van der Waals surface area (Å²) in [6.45, 7) is 0. The van der Waals surface area contributed by atoms with Gasteiger partial charge >= 0.3 is 0 Å². The van der Waals surface area contributed by atoms with Crippen LogP contribution in [0.15, 0.2) is 48.0 Å². The van der Waals surface area contributed by atoms with Gasteiger partial charge in [-0.15, -0.1) is 0 Å². The maximum absolute atomic E-state index is 12.2. The van der Waals surface area contributed by atoms with Gasteiger partial charge in [0.05, 0.1) is 0 Å². The van der Waals surface area contributed by atoms with Crippen LogP contribution >= 0.6 is 45.8 Å². The SMILES string of the molecule is N#C/C(=C\c1c(Cl)cccc1Cl)C(=O)Nc1ccc(I)cc1. The predicted octanol–water partition coefficient (Wildman–Crippen LogP) is 5.14. The first-order chi connectivity index (χ1) is 10.5. The third-order valence-corrected chi connectivity index (χ3v) is 4.13. The van der Waals surface area contributed by atoms with Crippen molar-refractivity contribution >= 4 is 63.5 Å². The Morgan fingerprint density at radius 2 is 1.73 bits per heavy atom. The van der Waals surface area contributed by atoms with Crippen molar-refractivity contribution in [2.24, 2.45) is 0 Å². The fourth-order valence-corrected chi connectivity index (χ4v) is 2.54. The topological polar surface area (TPSA) is 52.9 Å². The van der Waals surface area contributed by atoms with Gasteiger partial charge in [0.25, 0.3) is 5.91 Å². The Morgan fingerprint density at radius 1 is 1.14 bits per heavy atom. The van der Waals surface area contributed by atoms with Gasteiger partial charge in [0.1, 0.15) is 11.6 Å². The van der Waals surface area contributed by atoms with E-state index < -0.39 is 5.91 Å². The highest BCUT2D eigenvalue weighted by Crippen LogP contribution is 2.26. The standard InChI is InChI=1S/C16H9Cl2IN2O/c17-14-2-1-3-15(18)13(14)8-10(9-20)16(22)21-12-6-4-11(19)5-7-12/h1-8H,(H,21,22)/b10-8+. The summed E-state index contributed by atoms with van der Waals surface area (Å²) in [5, 5.41) is 12.6. The van der Waals surface area contributed by atoms with Crippen LogP contribution in [0.25, 0.3) is 6.08 Å². The number of rotatable bonds is 3. The molecule has 1 amide bonds. The molecule has 22 heavy (non-hydrogen) atoms. The molecule has 0 unspecified atom stereocenters. The highest BCUT2D eigenvalue weighted by atomic mass is 127. The van der Waals surface area contributed by atoms with Gasteiger partial charge in [0.15, 0.2) is 0 Å². The molecular formula is C16H9Cl2IN2O. The summed E-state index contributed by atoms with van der Waals surface area (Å²) in [4.78, 5) is 12.2. The first-order valence-corrected chi connectivity index (χ1v) is 7.97. The van der Waals surface area contributed by atoms with E-state index in [0.717, 1.165) is 3.57 Å². The van der Waals surface area contributed by atoms with Gasteiger partial charge < -0.3 is 5.32 Å². The minimum absolute atomic E-state index is 0.0754. The minimum atomic E-state index is -0.514. The van der Waals surface area contributed by atoms with E-state index in [1.54, 1.807) is 30.3 Å². The molecule has 110 valence electrons. The van der Waals surface area contributed by atoms with Crippen LogP contribution in [-0.2, 0) is 4.79 Å². The van der Waals surface area contributed by atoms with E-state index in [0.29, 0.717) is 21.3 Å². The fourth-order valence-electron chi connectivity index (χ4n) is 1.67. The zero-order valence-electron chi connectivity index (χ0n) is 11.1. The van der Waals surface area contributed by atoms with Crippen molar-refractivity contribution in [3.63, 3.8) is 0 Å². The molecule has 0 aliphatic carbocycles. The van der Waals surface area contributed by atoms with E-state index in [9.17, 15) is 10.1 Å². The molecule has 0 aromatic heterocycles. The lowest BCUT2D eigenvalue weighted by Gasteiger charge is -2.06. The molecule has 2 rings (SSSR count). The summed E-state index contributed by atoms with van der Waals surface area (Å²) in [5.41, 5.74) is 0.977. The van der Waals surface area contributed by atoms with Gasteiger partial charge in [0.2, 0.25) is 0 Å². The number of carbonyl (C=O) groups is 1. The molecule has 1 N–H and O–H groups in total. The number of benzene rings is 2. The summed E-state index contributed by atoms with van der Waals surface area (Å²) in [6.07, 6.45) is 1.38. The maximum Gasteiger partial charge on any atom is 0.266 e. The number of amides is 1. The maximum atomic E-state index is 12.2. The van der Waals surface area contributed by atoms with Crippen LogP contribution in [0.3, 0.4) is 0 Å². The number of hydrogen-bond donors (Lipinski definition) is 1. The molecule has 0 fully saturated rings. The number of nitrogens with zero attached hydrogens (tertiary/aromatic N) is 1. The number of carbonyl (C=O) groups excluding carboxylic acids is 1. The van der Waals surface area contributed by atoms with Crippen LogP contribution < -0.4 is 5.32 Å². The number of hydrogen-bond acceptors (Lipinski definition) is 2. The Morgan fingerprint density at radius 3 is 2.27 bits per heavy atom. The van der Waals surface area contributed by atoms with Crippen LogP contribution in [0.5, 0.6) is 0 Å². The zero-order valence-corrected chi connectivity index (χ0v) is 14.8. The van der Waals surface area contributed by atoms with Gasteiger partial charge in [-0.3, -0.25) is 4.79 Å². The zero-order chi connectivity index (χ0) is 16.1. The predicted molar refractivity (Wildman–Crippen MR) is 97.8 cm³/mol. The summed E-state index contributed by atoms with van der Waals surface area (Å²) in [6, 6.07) is 14.1. The van der Waals surface area contributed by atoms with Crippen molar-refractivity contribution in [1.82, 2.24) is 0 Å². The monoisotopic (exact) mass is 442 g/mol. The Balaban J connectivity index is 2.28. The van der Waals surface area contributed by atoms with Crippen LogP contribution in [0.1, 0.15) is 5.56 Å². The molecule has 2 aromatic carbocycles. The average Bonchev–Trinajstić information content (AvgIpc) is 2.49. The third-order valence-electron chi connectivity index (χ3n) is 2.76. The third kappa shape index (κ3) is 4.23. The van der Waals surface area contributed by atoms with Crippen molar-refractivity contribution in [3.8, 4) is 6.07 Å². The molecule has 0 saturated carbocycles. The lowest BCUT2D eigenvalue weighted by Crippen LogP contribution is -2.13. The van der Waals surface area contributed by atoms with Crippen molar-refractivity contribution in [3.05, 3.63) is 67.2 Å². The first kappa shape index (κ1) is 16.8. The summed E-state index contributed by atoms with van der Waals surface area (Å²) in [5.74, 6) is -0.514. The number of anilines is 1. The Hall–Kier alpha value is -1.55. The number of halogens is 3. The molecule has 0 aliphatic heterocycles. The van der Waals surface area contributed by atoms with E-state index in [2.05, 4.69) is 27.9 Å². The lowest BCUT2D eigenvalue weighted by atomic mass is 10.1. The van der Waals surface area contributed by atoms with Gasteiger partial charge in [-0.05, 0) is 65.1 Å². The van der Waals surface area contributed by atoms with Crippen LogP contribution in [-0.4, -0.2) is 5.91 Å². The molecule has 0 bridgehead atoms. The smallest absolute Gasteiger partial charge is 0.266 e. The summed E-state index contributed by atoms with van der Waals surface area (Å²) >= 11 is 14.3. The molecule has 0 spiro atoms. The molecular weight excluding hydrogens is 434 g/mol. The Kier molecular flexibility index (Phi) is 5.83. The molecule has 2 aromatic rings. The van der Waals surface area contributed by atoms with Crippen LogP contribution in [0.4, 0.5) is 5.69 Å². The molecule has 6 heteroatoms. The van der Waals surface area contributed by atoms with Crippen molar-refractivity contribution in [2.75, 3.05) is 5.32 Å². The molecule has 3 nitrogen and oxygen atoms in total. The highest BCUT2D eigenvalue weighted by Gasteiger charge is 2.12. The Labute approximate surface area is 151 Å². The fraction of sp³-hybridized carbons (Fsp3) is 0. The van der Waals surface area contributed by atoms with Crippen molar-refractivity contribution in [1.29, 1.82) is 5.26 Å². The number of nitrogens with one attached hydrogen (secondary N) is 1. The molecule has 0 radical (unpaired) electrons. The molecule has 0 heterocycles. The molecule has 0 atom stereocenters. The Bertz CT molecular complexity index is 759. The quantitative estimate of drug-likeness (QED) is 0.406. The van der Waals surface area contributed by atoms with Gasteiger partial charge in [0, 0.05) is 24.9 Å². The van der Waals surface area contributed by atoms with E-state index in [-0.39, 0.29) is 5.57 Å². The summed E-state index contributed by atoms with van der Waals surface area (Å²) < 4.78 is 1.05.